The first-order valence-corrected chi connectivity index (χ1v) is 6.98. The molecule has 6 heteroatoms. The number of aromatic amines is 1. The highest BCUT2D eigenvalue weighted by atomic mass is 16.5. The third-order valence-corrected chi connectivity index (χ3v) is 4.27. The Hall–Kier alpha value is -1.43. The molecule has 3 rings (SSSR count). The molecule has 1 heterocycles. The van der Waals surface area contributed by atoms with Crippen LogP contribution in [0.15, 0.2) is 0 Å². The minimum atomic E-state index is -0.181. The van der Waals surface area contributed by atoms with Gasteiger partial charge in [0.15, 0.2) is 5.69 Å². The smallest absolute Gasteiger partial charge is 0.273 e. The SMILES string of the molecule is COC1(CNC(=O)c2n[nH]nc2C2CC2)CCCC1. The molecule has 104 valence electrons. The third-order valence-electron chi connectivity index (χ3n) is 4.27. The van der Waals surface area contributed by atoms with Crippen LogP contribution in [0.1, 0.15) is 60.6 Å². The molecule has 2 N–H and O–H groups in total. The quantitative estimate of drug-likeness (QED) is 0.841. The van der Waals surface area contributed by atoms with E-state index in [4.69, 9.17) is 4.74 Å². The van der Waals surface area contributed by atoms with Crippen LogP contribution >= 0.6 is 0 Å². The third kappa shape index (κ3) is 2.49. The molecule has 1 aromatic heterocycles. The van der Waals surface area contributed by atoms with Gasteiger partial charge in [0.2, 0.25) is 0 Å². The predicted molar refractivity (Wildman–Crippen MR) is 68.9 cm³/mol. The lowest BCUT2D eigenvalue weighted by atomic mass is 10.0. The van der Waals surface area contributed by atoms with Gasteiger partial charge in [-0.1, -0.05) is 12.8 Å². The zero-order chi connectivity index (χ0) is 13.3. The molecule has 2 aliphatic rings. The van der Waals surface area contributed by atoms with E-state index in [1.54, 1.807) is 7.11 Å². The van der Waals surface area contributed by atoms with E-state index in [1.807, 2.05) is 0 Å². The van der Waals surface area contributed by atoms with Gasteiger partial charge in [-0.2, -0.15) is 15.4 Å². The summed E-state index contributed by atoms with van der Waals surface area (Å²) in [7, 11) is 1.73. The Bertz CT molecular complexity index is 461. The summed E-state index contributed by atoms with van der Waals surface area (Å²) >= 11 is 0. The van der Waals surface area contributed by atoms with Crippen molar-refractivity contribution in [3.63, 3.8) is 0 Å². The van der Waals surface area contributed by atoms with E-state index < -0.39 is 0 Å². The molecule has 6 nitrogen and oxygen atoms in total. The molecule has 1 aromatic rings. The highest BCUT2D eigenvalue weighted by Gasteiger charge is 2.36. The lowest BCUT2D eigenvalue weighted by Crippen LogP contribution is -2.42. The molecule has 0 bridgehead atoms. The highest BCUT2D eigenvalue weighted by molar-refractivity contribution is 5.93. The maximum atomic E-state index is 12.2. The Morgan fingerprint density at radius 2 is 2.16 bits per heavy atom. The van der Waals surface area contributed by atoms with Crippen LogP contribution in [0.3, 0.4) is 0 Å². The molecule has 2 saturated carbocycles. The number of carbonyl (C=O) groups excluding carboxylic acids is 1. The average Bonchev–Trinajstić information content (AvgIpc) is 2.98. The van der Waals surface area contributed by atoms with E-state index in [1.165, 1.54) is 12.8 Å². The zero-order valence-electron chi connectivity index (χ0n) is 11.2. The molecule has 1 amide bonds. The maximum Gasteiger partial charge on any atom is 0.273 e. The van der Waals surface area contributed by atoms with Crippen molar-refractivity contribution in [1.29, 1.82) is 0 Å². The second-order valence-electron chi connectivity index (χ2n) is 5.61. The largest absolute Gasteiger partial charge is 0.376 e. The van der Waals surface area contributed by atoms with Crippen molar-refractivity contribution in [1.82, 2.24) is 20.7 Å². The van der Waals surface area contributed by atoms with Gasteiger partial charge >= 0.3 is 0 Å². The summed E-state index contributed by atoms with van der Waals surface area (Å²) in [5.74, 6) is 0.279. The Balaban J connectivity index is 1.63. The summed E-state index contributed by atoms with van der Waals surface area (Å²) in [4.78, 5) is 12.2. The summed E-state index contributed by atoms with van der Waals surface area (Å²) in [6.45, 7) is 0.555. The fourth-order valence-electron chi connectivity index (χ4n) is 2.85. The Morgan fingerprint density at radius 1 is 1.42 bits per heavy atom. The van der Waals surface area contributed by atoms with E-state index in [-0.39, 0.29) is 11.5 Å². The van der Waals surface area contributed by atoms with Gasteiger partial charge in [0.25, 0.3) is 5.91 Å². The minimum absolute atomic E-state index is 0.140. The van der Waals surface area contributed by atoms with Crippen LogP contribution < -0.4 is 5.32 Å². The highest BCUT2D eigenvalue weighted by Crippen LogP contribution is 2.40. The Morgan fingerprint density at radius 3 is 2.79 bits per heavy atom. The van der Waals surface area contributed by atoms with E-state index in [9.17, 15) is 4.79 Å². The first-order chi connectivity index (χ1) is 9.24. The Labute approximate surface area is 112 Å². The van der Waals surface area contributed by atoms with Crippen molar-refractivity contribution < 1.29 is 9.53 Å². The lowest BCUT2D eigenvalue weighted by molar-refractivity contribution is -0.00265. The van der Waals surface area contributed by atoms with Gasteiger partial charge in [0, 0.05) is 19.6 Å². The minimum Gasteiger partial charge on any atom is -0.376 e. The monoisotopic (exact) mass is 264 g/mol. The van der Waals surface area contributed by atoms with E-state index in [0.717, 1.165) is 31.4 Å². The van der Waals surface area contributed by atoms with Crippen LogP contribution in [-0.2, 0) is 4.74 Å². The topological polar surface area (TPSA) is 79.9 Å². The van der Waals surface area contributed by atoms with Crippen LogP contribution in [0.2, 0.25) is 0 Å². The molecule has 2 fully saturated rings. The normalized spacial score (nSPS) is 21.5. The van der Waals surface area contributed by atoms with Crippen LogP contribution in [0.25, 0.3) is 0 Å². The number of rotatable bonds is 5. The second-order valence-corrected chi connectivity index (χ2v) is 5.61. The summed E-state index contributed by atoms with van der Waals surface area (Å²) in [5.41, 5.74) is 1.08. The fourth-order valence-corrected chi connectivity index (χ4v) is 2.85. The molecule has 0 radical (unpaired) electrons. The standard InChI is InChI=1S/C13H20N4O2/c1-19-13(6-2-3-7-13)8-14-12(18)11-10(9-4-5-9)15-17-16-11/h9H,2-8H2,1H3,(H,14,18)(H,15,16,17). The molecule has 0 aliphatic heterocycles. The van der Waals surface area contributed by atoms with Gasteiger partial charge in [-0.15, -0.1) is 0 Å². The number of ether oxygens (including phenoxy) is 1. The molecule has 19 heavy (non-hydrogen) atoms. The van der Waals surface area contributed by atoms with Gasteiger partial charge in [-0.25, -0.2) is 0 Å². The van der Waals surface area contributed by atoms with E-state index >= 15 is 0 Å². The second kappa shape index (κ2) is 4.92. The van der Waals surface area contributed by atoms with Crippen LogP contribution in [-0.4, -0.2) is 40.6 Å². The lowest BCUT2D eigenvalue weighted by Gasteiger charge is -2.27. The van der Waals surface area contributed by atoms with E-state index in [0.29, 0.717) is 18.2 Å². The number of methoxy groups -OCH3 is 1. The average molecular weight is 264 g/mol. The molecular weight excluding hydrogens is 244 g/mol. The van der Waals surface area contributed by atoms with Crippen molar-refractivity contribution in [2.45, 2.75) is 50.0 Å². The Kier molecular flexibility index (Phi) is 3.26. The predicted octanol–water partition coefficient (Wildman–Crippen LogP) is 1.37. The molecule has 0 unspecified atom stereocenters. The summed E-state index contributed by atoms with van der Waals surface area (Å²) in [6, 6.07) is 0. The van der Waals surface area contributed by atoms with Gasteiger partial charge in [-0.05, 0) is 25.7 Å². The molecule has 0 atom stereocenters. The molecule has 0 spiro atoms. The molecule has 0 saturated heterocycles. The molecule has 2 aliphatic carbocycles. The molecule has 0 aromatic carbocycles. The zero-order valence-corrected chi connectivity index (χ0v) is 11.2. The number of amides is 1. The van der Waals surface area contributed by atoms with Crippen LogP contribution in [0.4, 0.5) is 0 Å². The van der Waals surface area contributed by atoms with Crippen LogP contribution in [0.5, 0.6) is 0 Å². The van der Waals surface area contributed by atoms with Crippen molar-refractivity contribution in [3.05, 3.63) is 11.4 Å². The number of H-pyrrole nitrogens is 1. The van der Waals surface area contributed by atoms with Gasteiger partial charge in [-0.3, -0.25) is 4.79 Å². The number of hydrogen-bond acceptors (Lipinski definition) is 4. The maximum absolute atomic E-state index is 12.2. The number of nitrogens with zero attached hydrogens (tertiary/aromatic N) is 2. The van der Waals surface area contributed by atoms with Crippen molar-refractivity contribution >= 4 is 5.91 Å². The van der Waals surface area contributed by atoms with Gasteiger partial charge in [0.1, 0.15) is 0 Å². The van der Waals surface area contributed by atoms with Crippen LogP contribution in [0, 0.1) is 0 Å². The molecular formula is C13H20N4O2. The van der Waals surface area contributed by atoms with Crippen molar-refractivity contribution in [3.8, 4) is 0 Å². The first-order valence-electron chi connectivity index (χ1n) is 6.98. The fraction of sp³-hybridized carbons (Fsp3) is 0.769. The van der Waals surface area contributed by atoms with Crippen molar-refractivity contribution in [2.24, 2.45) is 0 Å². The summed E-state index contributed by atoms with van der Waals surface area (Å²) in [6.07, 6.45) is 6.57. The number of nitrogens with one attached hydrogen (secondary N) is 2. The number of carbonyl (C=O) groups is 1. The van der Waals surface area contributed by atoms with Gasteiger partial charge < -0.3 is 10.1 Å². The first kappa shape index (κ1) is 12.6. The number of aromatic nitrogens is 3. The summed E-state index contributed by atoms with van der Waals surface area (Å²) < 4.78 is 5.60. The summed E-state index contributed by atoms with van der Waals surface area (Å²) in [5, 5.41) is 13.6. The number of hydrogen-bond donors (Lipinski definition) is 2. The van der Waals surface area contributed by atoms with Crippen molar-refractivity contribution in [2.75, 3.05) is 13.7 Å². The van der Waals surface area contributed by atoms with E-state index in [2.05, 4.69) is 20.7 Å². The van der Waals surface area contributed by atoms with Gasteiger partial charge in [0.05, 0.1) is 11.3 Å².